The van der Waals surface area contributed by atoms with Gasteiger partial charge in [0.25, 0.3) is 0 Å². The van der Waals surface area contributed by atoms with Gasteiger partial charge in [-0.25, -0.2) is 13.2 Å². The Morgan fingerprint density at radius 2 is 1.76 bits per heavy atom. The Balaban J connectivity index is 1.32. The van der Waals surface area contributed by atoms with E-state index in [-0.39, 0.29) is 34.9 Å². The van der Waals surface area contributed by atoms with Crippen LogP contribution in [0.1, 0.15) is 44.1 Å². The summed E-state index contributed by atoms with van der Waals surface area (Å²) in [5.41, 5.74) is 1.46. The van der Waals surface area contributed by atoms with Crippen molar-refractivity contribution < 1.29 is 17.6 Å². The van der Waals surface area contributed by atoms with Crippen LogP contribution >= 0.6 is 0 Å². The molecule has 1 N–H and O–H groups in total. The maximum absolute atomic E-state index is 12.8. The smallest absolute Gasteiger partial charge is 0.408 e. The first-order valence-corrected chi connectivity index (χ1v) is 12.8. The number of nitrogens with zero attached hydrogens (tertiary/aromatic N) is 2. The van der Waals surface area contributed by atoms with E-state index >= 15 is 0 Å². The van der Waals surface area contributed by atoms with Crippen LogP contribution in [-0.4, -0.2) is 36.3 Å². The molecule has 0 atom stereocenters. The largest absolute Gasteiger partial charge is 0.419 e. The van der Waals surface area contributed by atoms with Crippen LogP contribution in [-0.2, 0) is 26.9 Å². The molecule has 2 heterocycles. The number of rotatable bonds is 7. The molecule has 174 valence electrons. The number of amides is 1. The van der Waals surface area contributed by atoms with Crippen molar-refractivity contribution in [2.24, 2.45) is 0 Å². The third-order valence-electron chi connectivity index (χ3n) is 6.82. The molecule has 1 aliphatic carbocycles. The molecule has 1 amide bonds. The van der Waals surface area contributed by atoms with Gasteiger partial charge in [-0.1, -0.05) is 30.3 Å². The van der Waals surface area contributed by atoms with Gasteiger partial charge in [-0.3, -0.25) is 9.36 Å². The predicted octanol–water partition coefficient (Wildman–Crippen LogP) is 2.96. The summed E-state index contributed by atoms with van der Waals surface area (Å²) >= 11 is 0. The Morgan fingerprint density at radius 3 is 2.42 bits per heavy atom. The van der Waals surface area contributed by atoms with Crippen molar-refractivity contribution in [3.63, 3.8) is 0 Å². The molecule has 8 nitrogen and oxygen atoms in total. The molecule has 5 rings (SSSR count). The molecule has 0 unspecified atom stereocenters. The lowest BCUT2D eigenvalue weighted by Gasteiger charge is -2.43. The van der Waals surface area contributed by atoms with Crippen LogP contribution in [0, 0.1) is 0 Å². The number of carbonyl (C=O) groups is 1. The van der Waals surface area contributed by atoms with Gasteiger partial charge in [-0.2, -0.15) is 4.31 Å². The van der Waals surface area contributed by atoms with Gasteiger partial charge in [0, 0.05) is 32.1 Å². The third kappa shape index (κ3) is 4.00. The van der Waals surface area contributed by atoms with Gasteiger partial charge >= 0.3 is 5.76 Å². The first-order chi connectivity index (χ1) is 15.9. The van der Waals surface area contributed by atoms with Crippen LogP contribution < -0.4 is 11.1 Å². The highest BCUT2D eigenvalue weighted by Gasteiger charge is 2.39. The highest BCUT2D eigenvalue weighted by molar-refractivity contribution is 7.89. The zero-order valence-electron chi connectivity index (χ0n) is 18.3. The number of hydrogen-bond acceptors (Lipinski definition) is 5. The van der Waals surface area contributed by atoms with Crippen molar-refractivity contribution in [1.82, 2.24) is 14.2 Å². The van der Waals surface area contributed by atoms with E-state index in [1.807, 2.05) is 30.3 Å². The topological polar surface area (TPSA) is 102 Å². The van der Waals surface area contributed by atoms with Crippen LogP contribution in [0.4, 0.5) is 0 Å². The lowest BCUT2D eigenvalue weighted by molar-refractivity contribution is -0.124. The SMILES string of the molecule is O=C(CCn1c(=O)oc2cc(S(=O)(=O)N3CCCC3)ccc21)NC1(c2ccccc2)CCC1. The highest BCUT2D eigenvalue weighted by Crippen LogP contribution is 2.41. The summed E-state index contributed by atoms with van der Waals surface area (Å²) in [4.78, 5) is 25.3. The maximum Gasteiger partial charge on any atom is 0.419 e. The second-order valence-electron chi connectivity index (χ2n) is 8.86. The second-order valence-corrected chi connectivity index (χ2v) is 10.8. The quantitative estimate of drug-likeness (QED) is 0.573. The molecule has 1 aliphatic heterocycles. The number of hydrogen-bond donors (Lipinski definition) is 1. The molecule has 2 aromatic carbocycles. The van der Waals surface area contributed by atoms with Crippen molar-refractivity contribution in [3.05, 3.63) is 64.6 Å². The van der Waals surface area contributed by atoms with Crippen LogP contribution in [0.25, 0.3) is 11.1 Å². The summed E-state index contributed by atoms with van der Waals surface area (Å²) in [6.45, 7) is 1.16. The fraction of sp³-hybridized carbons (Fsp3) is 0.417. The summed E-state index contributed by atoms with van der Waals surface area (Å²) in [5, 5.41) is 3.17. The summed E-state index contributed by atoms with van der Waals surface area (Å²) in [5.74, 6) is -0.733. The van der Waals surface area contributed by atoms with E-state index in [1.54, 1.807) is 6.07 Å². The van der Waals surface area contributed by atoms with Crippen LogP contribution in [0.2, 0.25) is 0 Å². The minimum atomic E-state index is -3.60. The van der Waals surface area contributed by atoms with Crippen LogP contribution in [0.5, 0.6) is 0 Å². The standard InChI is InChI=1S/C24H27N3O5S/c28-22(25-24(12-6-13-24)18-7-2-1-3-8-18)11-16-27-20-10-9-19(17-21(20)32-23(27)29)33(30,31)26-14-4-5-15-26/h1-3,7-10,17H,4-6,11-16H2,(H,25,28). The normalized spacial score (nSPS) is 18.3. The van der Waals surface area contributed by atoms with Gasteiger partial charge in [0.1, 0.15) is 0 Å². The Bertz CT molecular complexity index is 1330. The second kappa shape index (κ2) is 8.46. The first-order valence-electron chi connectivity index (χ1n) is 11.4. The molecule has 9 heteroatoms. The van der Waals surface area contributed by atoms with Crippen molar-refractivity contribution in [1.29, 1.82) is 0 Å². The average molecular weight is 470 g/mol. The molecule has 0 radical (unpaired) electrons. The maximum atomic E-state index is 12.8. The van der Waals surface area contributed by atoms with Gasteiger partial charge < -0.3 is 9.73 Å². The Kier molecular flexibility index (Phi) is 5.62. The molecule has 1 saturated carbocycles. The number of nitrogens with one attached hydrogen (secondary N) is 1. The van der Waals surface area contributed by atoms with E-state index in [0.29, 0.717) is 18.6 Å². The molecule has 1 aromatic heterocycles. The number of sulfonamides is 1. The van der Waals surface area contributed by atoms with Gasteiger partial charge in [-0.05, 0) is 49.8 Å². The van der Waals surface area contributed by atoms with E-state index in [9.17, 15) is 18.0 Å². The Hall–Kier alpha value is -2.91. The van der Waals surface area contributed by atoms with Gasteiger partial charge in [0.15, 0.2) is 5.58 Å². The lowest BCUT2D eigenvalue weighted by Crippen LogP contribution is -2.51. The minimum Gasteiger partial charge on any atom is -0.408 e. The fourth-order valence-electron chi connectivity index (χ4n) is 4.81. The molecule has 0 bridgehead atoms. The number of aromatic nitrogens is 1. The van der Waals surface area contributed by atoms with Gasteiger partial charge in [0.05, 0.1) is 16.0 Å². The van der Waals surface area contributed by atoms with Gasteiger partial charge in [-0.15, -0.1) is 0 Å². The predicted molar refractivity (Wildman–Crippen MR) is 123 cm³/mol. The number of oxazole rings is 1. The van der Waals surface area contributed by atoms with E-state index in [4.69, 9.17) is 4.42 Å². The first kappa shape index (κ1) is 21.9. The van der Waals surface area contributed by atoms with Crippen LogP contribution in [0.3, 0.4) is 0 Å². The van der Waals surface area contributed by atoms with E-state index in [1.165, 1.54) is 21.0 Å². The van der Waals surface area contributed by atoms with E-state index in [0.717, 1.165) is 37.7 Å². The van der Waals surface area contributed by atoms with Crippen LogP contribution in [0.15, 0.2) is 62.6 Å². The van der Waals surface area contributed by atoms with E-state index < -0.39 is 15.8 Å². The molecule has 1 saturated heterocycles. The zero-order valence-corrected chi connectivity index (χ0v) is 19.1. The Morgan fingerprint density at radius 1 is 1.03 bits per heavy atom. The number of aryl methyl sites for hydroxylation is 1. The summed E-state index contributed by atoms with van der Waals surface area (Å²) < 4.78 is 33.8. The monoisotopic (exact) mass is 469 g/mol. The third-order valence-corrected chi connectivity index (χ3v) is 8.71. The molecular formula is C24H27N3O5S. The molecule has 0 spiro atoms. The fourth-order valence-corrected chi connectivity index (χ4v) is 6.35. The van der Waals surface area contributed by atoms with Crippen molar-refractivity contribution in [2.75, 3.05) is 13.1 Å². The highest BCUT2D eigenvalue weighted by atomic mass is 32.2. The van der Waals surface area contributed by atoms with E-state index in [2.05, 4.69) is 5.32 Å². The van der Waals surface area contributed by atoms with Gasteiger partial charge in [0.2, 0.25) is 15.9 Å². The molecule has 2 fully saturated rings. The number of benzene rings is 2. The molecule has 2 aliphatic rings. The minimum absolute atomic E-state index is 0.116. The van der Waals surface area contributed by atoms with Crippen molar-refractivity contribution in [2.45, 2.75) is 55.5 Å². The molecule has 33 heavy (non-hydrogen) atoms. The summed E-state index contributed by atoms with van der Waals surface area (Å²) in [7, 11) is -3.60. The lowest BCUT2D eigenvalue weighted by atomic mass is 9.71. The Labute approximate surface area is 192 Å². The van der Waals surface area contributed by atoms with Crippen molar-refractivity contribution >= 4 is 27.0 Å². The summed E-state index contributed by atoms with van der Waals surface area (Å²) in [6, 6.07) is 14.4. The zero-order chi connectivity index (χ0) is 23.1. The number of fused-ring (bicyclic) bond motifs is 1. The average Bonchev–Trinajstić information content (AvgIpc) is 3.43. The van der Waals surface area contributed by atoms with Crippen molar-refractivity contribution in [3.8, 4) is 0 Å². The number of carbonyl (C=O) groups excluding carboxylic acids is 1. The summed E-state index contributed by atoms with van der Waals surface area (Å²) in [6.07, 6.45) is 4.67. The molecule has 3 aromatic rings. The molecular weight excluding hydrogens is 442 g/mol.